The molecule has 98 valence electrons. The number of pyridine rings is 1. The molecule has 1 fully saturated rings. The second kappa shape index (κ2) is 4.94. The van der Waals surface area contributed by atoms with Crippen molar-refractivity contribution in [2.75, 3.05) is 32.9 Å². The van der Waals surface area contributed by atoms with Crippen LogP contribution >= 0.6 is 0 Å². The molecule has 1 amide bonds. The van der Waals surface area contributed by atoms with Gasteiger partial charge in [-0.2, -0.15) is 0 Å². The van der Waals surface area contributed by atoms with Crippen molar-refractivity contribution < 1.29 is 4.79 Å². The summed E-state index contributed by atoms with van der Waals surface area (Å²) in [5.74, 6) is 0.401. The van der Waals surface area contributed by atoms with Crippen LogP contribution in [0.3, 0.4) is 0 Å². The van der Waals surface area contributed by atoms with E-state index >= 15 is 0 Å². The van der Waals surface area contributed by atoms with Crippen LogP contribution < -0.4 is 5.73 Å². The largest absolute Gasteiger partial charge is 0.397 e. The Hall–Kier alpha value is -1.62. The van der Waals surface area contributed by atoms with Gasteiger partial charge in [-0.3, -0.25) is 4.79 Å². The van der Waals surface area contributed by atoms with E-state index in [1.807, 2.05) is 19.0 Å². The highest BCUT2D eigenvalue weighted by atomic mass is 16.2. The predicted octanol–water partition coefficient (Wildman–Crippen LogP) is 0.686. The van der Waals surface area contributed by atoms with Gasteiger partial charge in [-0.1, -0.05) is 6.92 Å². The van der Waals surface area contributed by atoms with E-state index in [9.17, 15) is 4.79 Å². The molecule has 1 aromatic heterocycles. The molecular formula is C13H20N4O. The predicted molar refractivity (Wildman–Crippen MR) is 71.2 cm³/mol. The minimum Gasteiger partial charge on any atom is -0.397 e. The Kier molecular flexibility index (Phi) is 3.52. The van der Waals surface area contributed by atoms with Gasteiger partial charge in [0, 0.05) is 25.3 Å². The molecule has 0 saturated carbocycles. The number of carbonyl (C=O) groups excluding carboxylic acids is 1. The molecule has 2 heterocycles. The molecule has 0 aromatic carbocycles. The van der Waals surface area contributed by atoms with Crippen LogP contribution in [0.2, 0.25) is 0 Å². The molecule has 1 aromatic rings. The first-order valence-electron chi connectivity index (χ1n) is 6.17. The van der Waals surface area contributed by atoms with E-state index in [1.165, 1.54) is 0 Å². The summed E-state index contributed by atoms with van der Waals surface area (Å²) in [7, 11) is 4.09. The summed E-state index contributed by atoms with van der Waals surface area (Å²) in [4.78, 5) is 20.4. The normalized spacial score (nSPS) is 23.7. The van der Waals surface area contributed by atoms with Gasteiger partial charge in [-0.05, 0) is 32.1 Å². The zero-order valence-corrected chi connectivity index (χ0v) is 11.1. The number of rotatable bonds is 2. The van der Waals surface area contributed by atoms with Crippen LogP contribution in [0.1, 0.15) is 17.4 Å². The van der Waals surface area contributed by atoms with Gasteiger partial charge in [-0.15, -0.1) is 0 Å². The third-order valence-electron chi connectivity index (χ3n) is 3.56. The molecule has 0 radical (unpaired) electrons. The van der Waals surface area contributed by atoms with Gasteiger partial charge in [0.05, 0.1) is 5.69 Å². The third kappa shape index (κ3) is 2.31. The van der Waals surface area contributed by atoms with Crippen LogP contribution in [0.15, 0.2) is 18.3 Å². The lowest BCUT2D eigenvalue weighted by atomic mass is 10.1. The Morgan fingerprint density at radius 1 is 1.50 bits per heavy atom. The molecular weight excluding hydrogens is 228 g/mol. The number of hydrogen-bond acceptors (Lipinski definition) is 4. The first-order valence-corrected chi connectivity index (χ1v) is 6.17. The van der Waals surface area contributed by atoms with Crippen molar-refractivity contribution in [3.8, 4) is 0 Å². The molecule has 1 aliphatic rings. The number of nitrogens with two attached hydrogens (primary N) is 1. The summed E-state index contributed by atoms with van der Waals surface area (Å²) in [6, 6.07) is 3.85. The number of nitrogen functional groups attached to an aromatic ring is 1. The second-order valence-corrected chi connectivity index (χ2v) is 5.16. The fraction of sp³-hybridized carbons (Fsp3) is 0.538. The molecule has 18 heavy (non-hydrogen) atoms. The standard InChI is InChI=1S/C13H20N4O/c1-9-7-17(8-11(9)16(2)3)13(18)12-10(14)5-4-6-15-12/h4-6,9,11H,7-8,14H2,1-3H3. The van der Waals surface area contributed by atoms with E-state index in [-0.39, 0.29) is 5.91 Å². The van der Waals surface area contributed by atoms with Crippen molar-refractivity contribution >= 4 is 11.6 Å². The lowest BCUT2D eigenvalue weighted by molar-refractivity contribution is 0.0777. The number of aromatic nitrogens is 1. The number of anilines is 1. The summed E-state index contributed by atoms with van der Waals surface area (Å²) < 4.78 is 0. The first kappa shape index (κ1) is 12.8. The number of hydrogen-bond donors (Lipinski definition) is 1. The van der Waals surface area contributed by atoms with Crippen molar-refractivity contribution in [1.29, 1.82) is 0 Å². The molecule has 0 spiro atoms. The molecule has 0 aliphatic carbocycles. The minimum absolute atomic E-state index is 0.0655. The molecule has 2 rings (SSSR count). The first-order chi connectivity index (χ1) is 8.50. The number of likely N-dealkylation sites (N-methyl/N-ethyl adjacent to an activating group) is 1. The van der Waals surface area contributed by atoms with E-state index in [0.717, 1.165) is 13.1 Å². The van der Waals surface area contributed by atoms with E-state index in [2.05, 4.69) is 16.8 Å². The maximum absolute atomic E-state index is 12.3. The number of amides is 1. The van der Waals surface area contributed by atoms with Crippen LogP contribution in [-0.4, -0.2) is 53.9 Å². The topological polar surface area (TPSA) is 62.5 Å². The van der Waals surface area contributed by atoms with Gasteiger partial charge < -0.3 is 15.5 Å². The van der Waals surface area contributed by atoms with Gasteiger partial charge in [0.1, 0.15) is 0 Å². The highest BCUT2D eigenvalue weighted by Crippen LogP contribution is 2.22. The third-order valence-corrected chi connectivity index (χ3v) is 3.56. The Balaban J connectivity index is 2.15. The zero-order chi connectivity index (χ0) is 13.3. The van der Waals surface area contributed by atoms with Gasteiger partial charge in [0.25, 0.3) is 5.91 Å². The molecule has 5 heteroatoms. The van der Waals surface area contributed by atoms with Crippen LogP contribution in [-0.2, 0) is 0 Å². The molecule has 1 saturated heterocycles. The lowest BCUT2D eigenvalue weighted by Gasteiger charge is -2.22. The highest BCUT2D eigenvalue weighted by molar-refractivity contribution is 5.97. The van der Waals surface area contributed by atoms with Crippen molar-refractivity contribution in [2.24, 2.45) is 5.92 Å². The van der Waals surface area contributed by atoms with Crippen molar-refractivity contribution in [3.63, 3.8) is 0 Å². The average Bonchev–Trinajstić information content (AvgIpc) is 2.71. The average molecular weight is 248 g/mol. The summed E-state index contributed by atoms with van der Waals surface area (Å²) in [6.45, 7) is 3.67. The summed E-state index contributed by atoms with van der Waals surface area (Å²) in [5, 5.41) is 0. The summed E-state index contributed by atoms with van der Waals surface area (Å²) in [5.41, 5.74) is 6.61. The van der Waals surface area contributed by atoms with E-state index in [0.29, 0.717) is 23.3 Å². The lowest BCUT2D eigenvalue weighted by Crippen LogP contribution is -2.36. The highest BCUT2D eigenvalue weighted by Gasteiger charge is 2.34. The Labute approximate surface area is 108 Å². The monoisotopic (exact) mass is 248 g/mol. The molecule has 2 unspecified atom stereocenters. The Morgan fingerprint density at radius 3 is 2.78 bits per heavy atom. The Bertz CT molecular complexity index is 446. The van der Waals surface area contributed by atoms with Gasteiger partial charge in [0.2, 0.25) is 0 Å². The molecule has 0 bridgehead atoms. The van der Waals surface area contributed by atoms with Crippen LogP contribution in [0.25, 0.3) is 0 Å². The molecule has 5 nitrogen and oxygen atoms in total. The summed E-state index contributed by atoms with van der Waals surface area (Å²) in [6.07, 6.45) is 1.60. The number of nitrogens with zero attached hydrogens (tertiary/aromatic N) is 3. The van der Waals surface area contributed by atoms with E-state index in [1.54, 1.807) is 18.3 Å². The zero-order valence-electron chi connectivity index (χ0n) is 11.1. The molecule has 1 aliphatic heterocycles. The maximum Gasteiger partial charge on any atom is 0.274 e. The number of likely N-dealkylation sites (tertiary alicyclic amines) is 1. The smallest absolute Gasteiger partial charge is 0.274 e. The van der Waals surface area contributed by atoms with Crippen LogP contribution in [0, 0.1) is 5.92 Å². The van der Waals surface area contributed by atoms with Crippen LogP contribution in [0.5, 0.6) is 0 Å². The van der Waals surface area contributed by atoms with Gasteiger partial charge in [-0.25, -0.2) is 4.98 Å². The summed E-state index contributed by atoms with van der Waals surface area (Å²) >= 11 is 0. The van der Waals surface area contributed by atoms with Crippen molar-refractivity contribution in [1.82, 2.24) is 14.8 Å². The number of carbonyl (C=O) groups is 1. The molecule has 2 atom stereocenters. The quantitative estimate of drug-likeness (QED) is 0.836. The fourth-order valence-electron chi connectivity index (χ4n) is 2.53. The van der Waals surface area contributed by atoms with Gasteiger partial charge >= 0.3 is 0 Å². The van der Waals surface area contributed by atoms with E-state index < -0.39 is 0 Å². The molecule has 2 N–H and O–H groups in total. The Morgan fingerprint density at radius 2 is 2.22 bits per heavy atom. The van der Waals surface area contributed by atoms with Crippen molar-refractivity contribution in [2.45, 2.75) is 13.0 Å². The van der Waals surface area contributed by atoms with E-state index in [4.69, 9.17) is 5.73 Å². The minimum atomic E-state index is -0.0655. The SMILES string of the molecule is CC1CN(C(=O)c2ncccc2N)CC1N(C)C. The maximum atomic E-state index is 12.3. The van der Waals surface area contributed by atoms with Crippen molar-refractivity contribution in [3.05, 3.63) is 24.0 Å². The fourth-order valence-corrected chi connectivity index (χ4v) is 2.53. The van der Waals surface area contributed by atoms with Crippen LogP contribution in [0.4, 0.5) is 5.69 Å². The second-order valence-electron chi connectivity index (χ2n) is 5.16. The van der Waals surface area contributed by atoms with Gasteiger partial charge in [0.15, 0.2) is 5.69 Å².